The van der Waals surface area contributed by atoms with E-state index in [2.05, 4.69) is 0 Å². The number of methoxy groups -OCH3 is 1. The van der Waals surface area contributed by atoms with Crippen LogP contribution in [-0.2, 0) is 11.3 Å². The number of rotatable bonds is 3. The van der Waals surface area contributed by atoms with Crippen LogP contribution < -0.4 is 0 Å². The van der Waals surface area contributed by atoms with E-state index >= 15 is 0 Å². The molecule has 3 aromatic rings. The molecular weight excluding hydrogens is 313 g/mol. The molecular formula is C15H11ClFNO2S. The van der Waals surface area contributed by atoms with Crippen molar-refractivity contribution < 1.29 is 13.9 Å². The van der Waals surface area contributed by atoms with Crippen molar-refractivity contribution in [2.75, 3.05) is 7.11 Å². The molecule has 0 saturated heterocycles. The fourth-order valence-corrected chi connectivity index (χ4v) is 3.31. The lowest BCUT2D eigenvalue weighted by Crippen LogP contribution is -2.12. The Bertz CT molecular complexity index is 804. The Hall–Kier alpha value is -1.85. The highest BCUT2D eigenvalue weighted by atomic mass is 35.5. The summed E-state index contributed by atoms with van der Waals surface area (Å²) >= 11 is 7.58. The molecule has 21 heavy (non-hydrogen) atoms. The van der Waals surface area contributed by atoms with Gasteiger partial charge >= 0.3 is 5.97 Å². The van der Waals surface area contributed by atoms with Gasteiger partial charge in [0.1, 0.15) is 11.5 Å². The van der Waals surface area contributed by atoms with Crippen LogP contribution >= 0.6 is 22.9 Å². The van der Waals surface area contributed by atoms with E-state index in [1.807, 2.05) is 11.4 Å². The molecule has 2 heterocycles. The highest BCUT2D eigenvalue weighted by Gasteiger charge is 2.19. The molecule has 0 fully saturated rings. The Kier molecular flexibility index (Phi) is 3.69. The molecule has 0 N–H and O–H groups in total. The molecule has 0 spiro atoms. The molecule has 0 aliphatic carbocycles. The third-order valence-corrected chi connectivity index (χ3v) is 4.50. The maximum Gasteiger partial charge on any atom is 0.354 e. The topological polar surface area (TPSA) is 31.2 Å². The van der Waals surface area contributed by atoms with Crippen molar-refractivity contribution in [1.82, 2.24) is 4.57 Å². The first-order valence-electron chi connectivity index (χ1n) is 6.19. The Balaban J connectivity index is 2.15. The van der Waals surface area contributed by atoms with E-state index in [1.165, 1.54) is 24.5 Å². The van der Waals surface area contributed by atoms with E-state index < -0.39 is 11.8 Å². The third-order valence-electron chi connectivity index (χ3n) is 3.30. The van der Waals surface area contributed by atoms with E-state index in [1.54, 1.807) is 22.8 Å². The average Bonchev–Trinajstić information content (AvgIpc) is 3.04. The number of fused-ring (bicyclic) bond motifs is 1. The molecule has 0 aliphatic rings. The first-order valence-corrected chi connectivity index (χ1v) is 7.45. The van der Waals surface area contributed by atoms with Gasteiger partial charge in [0.15, 0.2) is 0 Å². The predicted octanol–water partition coefficient (Wildman–Crippen LogP) is 4.33. The number of ether oxygens (including phenoxy) is 1. The van der Waals surface area contributed by atoms with Gasteiger partial charge < -0.3 is 9.30 Å². The first-order chi connectivity index (χ1) is 10.1. The van der Waals surface area contributed by atoms with Crippen LogP contribution in [0.2, 0.25) is 5.02 Å². The van der Waals surface area contributed by atoms with Gasteiger partial charge in [-0.15, -0.1) is 11.3 Å². The minimum Gasteiger partial charge on any atom is -0.464 e. The Morgan fingerprint density at radius 1 is 1.43 bits per heavy atom. The summed E-state index contributed by atoms with van der Waals surface area (Å²) in [6, 6.07) is 8.18. The van der Waals surface area contributed by atoms with Crippen LogP contribution in [0.5, 0.6) is 0 Å². The Morgan fingerprint density at radius 2 is 2.24 bits per heavy atom. The molecule has 0 amide bonds. The van der Waals surface area contributed by atoms with E-state index in [0.29, 0.717) is 16.3 Å². The minimum absolute atomic E-state index is 0.177. The van der Waals surface area contributed by atoms with E-state index in [-0.39, 0.29) is 6.54 Å². The summed E-state index contributed by atoms with van der Waals surface area (Å²) in [5.74, 6) is -0.846. The van der Waals surface area contributed by atoms with Gasteiger partial charge in [0.2, 0.25) is 0 Å². The average molecular weight is 324 g/mol. The van der Waals surface area contributed by atoms with Crippen LogP contribution in [-0.4, -0.2) is 17.6 Å². The van der Waals surface area contributed by atoms with Crippen molar-refractivity contribution in [2.24, 2.45) is 0 Å². The van der Waals surface area contributed by atoms with Gasteiger partial charge in [-0.25, -0.2) is 9.18 Å². The lowest BCUT2D eigenvalue weighted by molar-refractivity contribution is 0.0589. The van der Waals surface area contributed by atoms with Gasteiger partial charge in [-0.1, -0.05) is 17.7 Å². The summed E-state index contributed by atoms with van der Waals surface area (Å²) in [6.07, 6.45) is 0. The SMILES string of the molecule is COC(=O)c1cc2sccc2n1Cc1c(F)cccc1Cl. The van der Waals surface area contributed by atoms with Crippen LogP contribution in [0.4, 0.5) is 4.39 Å². The lowest BCUT2D eigenvalue weighted by atomic mass is 10.2. The maximum absolute atomic E-state index is 14.0. The second-order valence-corrected chi connectivity index (χ2v) is 5.83. The maximum atomic E-state index is 14.0. The molecule has 0 bridgehead atoms. The normalized spacial score (nSPS) is 11.0. The van der Waals surface area contributed by atoms with Crippen molar-refractivity contribution in [3.63, 3.8) is 0 Å². The summed E-state index contributed by atoms with van der Waals surface area (Å²) in [6.45, 7) is 0.177. The monoisotopic (exact) mass is 323 g/mol. The molecule has 0 atom stereocenters. The van der Waals surface area contributed by atoms with Crippen LogP contribution in [0.3, 0.4) is 0 Å². The van der Waals surface area contributed by atoms with Crippen LogP contribution in [0.25, 0.3) is 10.2 Å². The second kappa shape index (κ2) is 5.50. The summed E-state index contributed by atoms with van der Waals surface area (Å²) in [5.41, 5.74) is 1.60. The fraction of sp³-hybridized carbons (Fsp3) is 0.133. The molecule has 0 saturated carbocycles. The quantitative estimate of drug-likeness (QED) is 0.672. The van der Waals surface area contributed by atoms with E-state index in [4.69, 9.17) is 16.3 Å². The number of thiophene rings is 1. The van der Waals surface area contributed by atoms with Crippen molar-refractivity contribution in [3.8, 4) is 0 Å². The van der Waals surface area contributed by atoms with Gasteiger partial charge in [0.05, 0.1) is 23.9 Å². The number of carbonyl (C=O) groups is 1. The lowest BCUT2D eigenvalue weighted by Gasteiger charge is -2.11. The highest BCUT2D eigenvalue weighted by Crippen LogP contribution is 2.28. The zero-order valence-electron chi connectivity index (χ0n) is 11.1. The largest absolute Gasteiger partial charge is 0.464 e. The van der Waals surface area contributed by atoms with E-state index in [9.17, 15) is 9.18 Å². The third kappa shape index (κ3) is 2.43. The van der Waals surface area contributed by atoms with Gasteiger partial charge in [-0.2, -0.15) is 0 Å². The zero-order chi connectivity index (χ0) is 15.0. The number of nitrogens with zero attached hydrogens (tertiary/aromatic N) is 1. The second-order valence-electron chi connectivity index (χ2n) is 4.48. The number of hydrogen-bond acceptors (Lipinski definition) is 3. The van der Waals surface area contributed by atoms with Crippen LogP contribution in [0.15, 0.2) is 35.7 Å². The Morgan fingerprint density at radius 3 is 2.95 bits per heavy atom. The standard InChI is InChI=1S/C15H11ClFNO2S/c1-20-15(19)13-7-14-12(5-6-21-14)18(13)8-9-10(16)3-2-4-11(9)17/h2-7H,8H2,1H3. The molecule has 0 aliphatic heterocycles. The molecule has 3 rings (SSSR count). The predicted molar refractivity (Wildman–Crippen MR) is 81.7 cm³/mol. The molecule has 108 valence electrons. The Labute approximate surface area is 129 Å². The molecule has 1 aromatic carbocycles. The number of carbonyl (C=O) groups excluding carboxylic acids is 1. The van der Waals surface area contributed by atoms with Gasteiger partial charge in [0, 0.05) is 10.6 Å². The van der Waals surface area contributed by atoms with Gasteiger partial charge in [0.25, 0.3) is 0 Å². The molecule has 0 radical (unpaired) electrons. The van der Waals surface area contributed by atoms with Crippen molar-refractivity contribution >= 4 is 39.1 Å². The number of halogens is 2. The minimum atomic E-state index is -0.453. The molecule has 2 aromatic heterocycles. The zero-order valence-corrected chi connectivity index (χ0v) is 12.7. The van der Waals surface area contributed by atoms with Crippen molar-refractivity contribution in [1.29, 1.82) is 0 Å². The number of aromatic nitrogens is 1. The van der Waals surface area contributed by atoms with Crippen molar-refractivity contribution in [3.05, 3.63) is 57.8 Å². The summed E-state index contributed by atoms with van der Waals surface area (Å²) < 4.78 is 21.4. The number of esters is 1. The van der Waals surface area contributed by atoms with E-state index in [0.717, 1.165) is 10.2 Å². The van der Waals surface area contributed by atoms with Crippen molar-refractivity contribution in [2.45, 2.75) is 6.54 Å². The highest BCUT2D eigenvalue weighted by molar-refractivity contribution is 7.17. The fourth-order valence-electron chi connectivity index (χ4n) is 2.26. The molecule has 0 unspecified atom stereocenters. The van der Waals surface area contributed by atoms with Gasteiger partial charge in [-0.05, 0) is 29.6 Å². The van der Waals surface area contributed by atoms with Crippen LogP contribution in [0.1, 0.15) is 16.1 Å². The summed E-state index contributed by atoms with van der Waals surface area (Å²) in [4.78, 5) is 11.9. The molecule has 3 nitrogen and oxygen atoms in total. The molecule has 6 heteroatoms. The summed E-state index contributed by atoms with van der Waals surface area (Å²) in [5, 5.41) is 2.26. The first kappa shape index (κ1) is 14.1. The van der Waals surface area contributed by atoms with Crippen LogP contribution in [0, 0.1) is 5.82 Å². The number of hydrogen-bond donors (Lipinski definition) is 0. The smallest absolute Gasteiger partial charge is 0.354 e. The van der Waals surface area contributed by atoms with Gasteiger partial charge in [-0.3, -0.25) is 0 Å². The number of benzene rings is 1. The summed E-state index contributed by atoms with van der Waals surface area (Å²) in [7, 11) is 1.32.